The Hall–Kier alpha value is -2.22. The number of nitrogens with zero attached hydrogens (tertiary/aromatic N) is 1. The van der Waals surface area contributed by atoms with Crippen molar-refractivity contribution in [2.45, 2.75) is 11.8 Å². The smallest absolute Gasteiger partial charge is 0.262 e. The predicted octanol–water partition coefficient (Wildman–Crippen LogP) is 2.56. The van der Waals surface area contributed by atoms with Gasteiger partial charge < -0.3 is 4.74 Å². The molecule has 0 amide bonds. The minimum atomic E-state index is -3.99. The summed E-state index contributed by atoms with van der Waals surface area (Å²) in [5, 5.41) is 0. The van der Waals surface area contributed by atoms with E-state index in [2.05, 4.69) is 4.98 Å². The molecule has 8 heteroatoms. The molecule has 0 aliphatic carbocycles. The van der Waals surface area contributed by atoms with Gasteiger partial charge in [-0.25, -0.2) is 8.42 Å². The molecule has 0 bridgehead atoms. The molecule has 1 aromatic carbocycles. The standard InChI is InChI=1S/C13H12F2N2O3S/c1-2-20-9-3-5-10(6-4-9)21(18,19)17-11-7-8-12(14)16-13(11)15/h3-8,17H,2H2,1H3. The highest BCUT2D eigenvalue weighted by atomic mass is 32.2. The molecule has 1 aromatic heterocycles. The normalized spacial score (nSPS) is 11.2. The number of halogens is 2. The Morgan fingerprint density at radius 3 is 2.38 bits per heavy atom. The monoisotopic (exact) mass is 314 g/mol. The molecule has 0 saturated heterocycles. The number of rotatable bonds is 5. The van der Waals surface area contributed by atoms with Crippen LogP contribution in [-0.4, -0.2) is 20.0 Å². The molecule has 5 nitrogen and oxygen atoms in total. The number of benzene rings is 1. The zero-order valence-electron chi connectivity index (χ0n) is 11.0. The third kappa shape index (κ3) is 3.66. The van der Waals surface area contributed by atoms with E-state index in [9.17, 15) is 17.2 Å². The van der Waals surface area contributed by atoms with E-state index in [0.29, 0.717) is 12.4 Å². The molecule has 0 spiro atoms. The van der Waals surface area contributed by atoms with Crippen LogP contribution in [0.1, 0.15) is 6.92 Å². The molecule has 0 fully saturated rings. The minimum Gasteiger partial charge on any atom is -0.494 e. The largest absolute Gasteiger partial charge is 0.494 e. The van der Waals surface area contributed by atoms with Gasteiger partial charge in [0.2, 0.25) is 11.9 Å². The SMILES string of the molecule is CCOc1ccc(S(=O)(=O)Nc2ccc(F)nc2F)cc1. The molecule has 0 atom stereocenters. The quantitative estimate of drug-likeness (QED) is 0.861. The van der Waals surface area contributed by atoms with Crippen molar-refractivity contribution in [2.24, 2.45) is 0 Å². The van der Waals surface area contributed by atoms with E-state index in [4.69, 9.17) is 4.74 Å². The predicted molar refractivity (Wildman–Crippen MR) is 72.6 cm³/mol. The van der Waals surface area contributed by atoms with Gasteiger partial charge in [-0.3, -0.25) is 4.72 Å². The first kappa shape index (κ1) is 15.2. The Kier molecular flexibility index (Phi) is 4.37. The van der Waals surface area contributed by atoms with E-state index in [1.165, 1.54) is 24.3 Å². The lowest BCUT2D eigenvalue weighted by Crippen LogP contribution is -2.14. The molecular weight excluding hydrogens is 302 g/mol. The lowest BCUT2D eigenvalue weighted by molar-refractivity contribution is 0.340. The van der Waals surface area contributed by atoms with Gasteiger partial charge in [0.1, 0.15) is 11.4 Å². The van der Waals surface area contributed by atoms with Gasteiger partial charge in [0, 0.05) is 0 Å². The maximum Gasteiger partial charge on any atom is 0.262 e. The number of ether oxygens (including phenoxy) is 1. The molecule has 1 heterocycles. The summed E-state index contributed by atoms with van der Waals surface area (Å²) >= 11 is 0. The van der Waals surface area contributed by atoms with Crippen LogP contribution < -0.4 is 9.46 Å². The second kappa shape index (κ2) is 6.04. The number of sulfonamides is 1. The lowest BCUT2D eigenvalue weighted by atomic mass is 10.3. The van der Waals surface area contributed by atoms with Crippen LogP contribution in [0.25, 0.3) is 0 Å². The average Bonchev–Trinajstić information content (AvgIpc) is 2.43. The van der Waals surface area contributed by atoms with Gasteiger partial charge in [-0.2, -0.15) is 13.8 Å². The van der Waals surface area contributed by atoms with Crippen LogP contribution >= 0.6 is 0 Å². The van der Waals surface area contributed by atoms with E-state index in [1.54, 1.807) is 6.92 Å². The van der Waals surface area contributed by atoms with Crippen LogP contribution in [0, 0.1) is 11.9 Å². The number of aromatic nitrogens is 1. The molecule has 21 heavy (non-hydrogen) atoms. The zero-order valence-corrected chi connectivity index (χ0v) is 11.8. The zero-order chi connectivity index (χ0) is 15.5. The maximum absolute atomic E-state index is 13.4. The molecule has 0 radical (unpaired) electrons. The van der Waals surface area contributed by atoms with Crippen LogP contribution in [-0.2, 0) is 10.0 Å². The van der Waals surface area contributed by atoms with Crippen LogP contribution in [0.3, 0.4) is 0 Å². The summed E-state index contributed by atoms with van der Waals surface area (Å²) < 4.78 is 57.4. The third-order valence-electron chi connectivity index (χ3n) is 2.50. The van der Waals surface area contributed by atoms with Crippen molar-refractivity contribution in [2.75, 3.05) is 11.3 Å². The van der Waals surface area contributed by atoms with Crippen molar-refractivity contribution < 1.29 is 21.9 Å². The first-order valence-electron chi connectivity index (χ1n) is 6.00. The molecule has 0 unspecified atom stereocenters. The van der Waals surface area contributed by atoms with Crippen molar-refractivity contribution >= 4 is 15.7 Å². The lowest BCUT2D eigenvalue weighted by Gasteiger charge is -2.09. The average molecular weight is 314 g/mol. The fourth-order valence-corrected chi connectivity index (χ4v) is 2.63. The highest BCUT2D eigenvalue weighted by molar-refractivity contribution is 7.92. The van der Waals surface area contributed by atoms with Gasteiger partial charge in [-0.1, -0.05) is 0 Å². The summed E-state index contributed by atoms with van der Waals surface area (Å²) in [6.45, 7) is 2.26. The molecule has 1 N–H and O–H groups in total. The van der Waals surface area contributed by atoms with Gasteiger partial charge in [-0.15, -0.1) is 0 Å². The number of hydrogen-bond donors (Lipinski definition) is 1. The first-order valence-corrected chi connectivity index (χ1v) is 7.48. The second-order valence-corrected chi connectivity index (χ2v) is 5.66. The fourth-order valence-electron chi connectivity index (χ4n) is 1.57. The summed E-state index contributed by atoms with van der Waals surface area (Å²) in [6, 6.07) is 7.43. The Bertz CT molecular complexity index is 734. The van der Waals surface area contributed by atoms with Crippen molar-refractivity contribution in [3.05, 3.63) is 48.3 Å². The van der Waals surface area contributed by atoms with Crippen molar-refractivity contribution in [1.82, 2.24) is 4.98 Å². The van der Waals surface area contributed by atoms with E-state index in [-0.39, 0.29) is 4.90 Å². The van der Waals surface area contributed by atoms with Gasteiger partial charge in [0.15, 0.2) is 0 Å². The number of nitrogens with one attached hydrogen (secondary N) is 1. The topological polar surface area (TPSA) is 68.3 Å². The Labute approximate surface area is 120 Å². The van der Waals surface area contributed by atoms with Crippen LogP contribution in [0.5, 0.6) is 5.75 Å². The van der Waals surface area contributed by atoms with Crippen molar-refractivity contribution in [1.29, 1.82) is 0 Å². The summed E-state index contributed by atoms with van der Waals surface area (Å²) in [7, 11) is -3.99. The second-order valence-electron chi connectivity index (χ2n) is 3.98. The van der Waals surface area contributed by atoms with Gasteiger partial charge in [0.05, 0.1) is 11.5 Å². The molecule has 2 rings (SSSR count). The minimum absolute atomic E-state index is 0.0744. The molecular formula is C13H12F2N2O3S. The van der Waals surface area contributed by atoms with Gasteiger partial charge >= 0.3 is 0 Å². The van der Waals surface area contributed by atoms with Gasteiger partial charge in [-0.05, 0) is 43.3 Å². The summed E-state index contributed by atoms with van der Waals surface area (Å²) in [6.07, 6.45) is 0. The first-order chi connectivity index (χ1) is 9.92. The summed E-state index contributed by atoms with van der Waals surface area (Å²) in [4.78, 5) is 2.84. The highest BCUT2D eigenvalue weighted by Crippen LogP contribution is 2.20. The number of anilines is 1. The molecule has 112 valence electrons. The highest BCUT2D eigenvalue weighted by Gasteiger charge is 2.17. The fraction of sp³-hybridized carbons (Fsp3) is 0.154. The van der Waals surface area contributed by atoms with Crippen LogP contribution in [0.4, 0.5) is 14.5 Å². The third-order valence-corrected chi connectivity index (χ3v) is 3.89. The van der Waals surface area contributed by atoms with Gasteiger partial charge in [0.25, 0.3) is 10.0 Å². The van der Waals surface area contributed by atoms with E-state index in [1.807, 2.05) is 4.72 Å². The van der Waals surface area contributed by atoms with Crippen molar-refractivity contribution in [3.8, 4) is 5.75 Å². The molecule has 2 aromatic rings. The van der Waals surface area contributed by atoms with Crippen LogP contribution in [0.15, 0.2) is 41.3 Å². The van der Waals surface area contributed by atoms with E-state index >= 15 is 0 Å². The Morgan fingerprint density at radius 1 is 1.14 bits per heavy atom. The Morgan fingerprint density at radius 2 is 1.81 bits per heavy atom. The molecule has 0 saturated carbocycles. The molecule has 0 aliphatic rings. The number of pyridine rings is 1. The van der Waals surface area contributed by atoms with E-state index < -0.39 is 27.6 Å². The summed E-state index contributed by atoms with van der Waals surface area (Å²) in [5.41, 5.74) is -0.426. The Balaban J connectivity index is 2.25. The molecule has 0 aliphatic heterocycles. The van der Waals surface area contributed by atoms with E-state index in [0.717, 1.165) is 12.1 Å². The van der Waals surface area contributed by atoms with Crippen molar-refractivity contribution in [3.63, 3.8) is 0 Å². The number of hydrogen-bond acceptors (Lipinski definition) is 4. The van der Waals surface area contributed by atoms with Crippen LogP contribution in [0.2, 0.25) is 0 Å². The maximum atomic E-state index is 13.4. The summed E-state index contributed by atoms with van der Waals surface area (Å²) in [5.74, 6) is -1.74.